The van der Waals surface area contributed by atoms with E-state index < -0.39 is 0 Å². The van der Waals surface area contributed by atoms with Gasteiger partial charge in [-0.1, -0.05) is 38.5 Å². The van der Waals surface area contributed by atoms with Crippen LogP contribution in [0.5, 0.6) is 0 Å². The summed E-state index contributed by atoms with van der Waals surface area (Å²) in [6, 6.07) is 0. The van der Waals surface area contributed by atoms with Crippen molar-refractivity contribution in [3.63, 3.8) is 0 Å². The molecule has 1 aliphatic carbocycles. The molecule has 0 atom stereocenters. The van der Waals surface area contributed by atoms with E-state index in [4.69, 9.17) is 15.1 Å². The molecule has 1 rings (SSSR count). The molecule has 1 fully saturated rings. The van der Waals surface area contributed by atoms with Crippen molar-refractivity contribution in [2.75, 3.05) is 7.11 Å². The van der Waals surface area contributed by atoms with Crippen molar-refractivity contribution in [1.29, 1.82) is 5.41 Å². The van der Waals surface area contributed by atoms with Crippen LogP contribution < -0.4 is 5.32 Å². The SMILES string of the molecule is C=C(C)\C(=C/C=C(C)/C(C)=C(\NC(=C/C)/N=C(\C=C\CC)C1CCCC1)C(C)=N)OC. The van der Waals surface area contributed by atoms with Crippen molar-refractivity contribution in [2.24, 2.45) is 10.9 Å². The summed E-state index contributed by atoms with van der Waals surface area (Å²) < 4.78 is 5.37. The molecule has 0 bridgehead atoms. The third-order valence-corrected chi connectivity index (χ3v) is 5.54. The molecule has 31 heavy (non-hydrogen) atoms. The van der Waals surface area contributed by atoms with Gasteiger partial charge in [-0.3, -0.25) is 0 Å². The van der Waals surface area contributed by atoms with Gasteiger partial charge in [0.2, 0.25) is 0 Å². The Kier molecular flexibility index (Phi) is 11.6. The van der Waals surface area contributed by atoms with Crippen molar-refractivity contribution in [1.82, 2.24) is 5.32 Å². The van der Waals surface area contributed by atoms with Crippen LogP contribution in [-0.2, 0) is 4.74 Å². The van der Waals surface area contributed by atoms with Gasteiger partial charge in [-0.15, -0.1) is 0 Å². The number of allylic oxidation sites excluding steroid dienone is 9. The monoisotopic (exact) mass is 423 g/mol. The molecule has 0 aromatic heterocycles. The second-order valence-electron chi connectivity index (χ2n) is 8.12. The second kappa shape index (κ2) is 13.6. The Morgan fingerprint density at radius 2 is 1.81 bits per heavy atom. The van der Waals surface area contributed by atoms with E-state index >= 15 is 0 Å². The third kappa shape index (κ3) is 8.56. The largest absolute Gasteiger partial charge is 0.497 e. The average Bonchev–Trinajstić information content (AvgIpc) is 3.27. The van der Waals surface area contributed by atoms with Crippen LogP contribution in [-0.4, -0.2) is 18.5 Å². The van der Waals surface area contributed by atoms with E-state index in [2.05, 4.69) is 31.0 Å². The van der Waals surface area contributed by atoms with Gasteiger partial charge in [-0.05, 0) is 88.8 Å². The third-order valence-electron chi connectivity index (χ3n) is 5.54. The number of rotatable bonds is 11. The fourth-order valence-electron chi connectivity index (χ4n) is 3.53. The predicted molar refractivity (Wildman–Crippen MR) is 135 cm³/mol. The van der Waals surface area contributed by atoms with Gasteiger partial charge < -0.3 is 15.5 Å². The summed E-state index contributed by atoms with van der Waals surface area (Å²) in [5.74, 6) is 2.05. The Labute approximate surface area is 189 Å². The van der Waals surface area contributed by atoms with Crippen LogP contribution in [0.3, 0.4) is 0 Å². The lowest BCUT2D eigenvalue weighted by Gasteiger charge is -2.17. The number of hydrogen-bond donors (Lipinski definition) is 2. The maximum atomic E-state index is 8.33. The Hall–Kier alpha value is -2.62. The van der Waals surface area contributed by atoms with Crippen LogP contribution in [0.15, 0.2) is 75.9 Å². The van der Waals surface area contributed by atoms with Crippen molar-refractivity contribution < 1.29 is 4.74 Å². The molecule has 0 aromatic carbocycles. The van der Waals surface area contributed by atoms with Gasteiger partial charge in [-0.25, -0.2) is 4.99 Å². The molecule has 2 N–H and O–H groups in total. The van der Waals surface area contributed by atoms with Gasteiger partial charge in [0.15, 0.2) is 0 Å². The minimum absolute atomic E-state index is 0.474. The Morgan fingerprint density at radius 3 is 2.29 bits per heavy atom. The zero-order valence-corrected chi connectivity index (χ0v) is 20.6. The van der Waals surface area contributed by atoms with E-state index in [1.54, 1.807) is 14.0 Å². The van der Waals surface area contributed by atoms with Gasteiger partial charge in [0.1, 0.15) is 11.6 Å². The van der Waals surface area contributed by atoms with E-state index in [9.17, 15) is 0 Å². The summed E-state index contributed by atoms with van der Waals surface area (Å²) in [5, 5.41) is 11.8. The Bertz CT molecular complexity index is 829. The zero-order valence-electron chi connectivity index (χ0n) is 20.6. The first kappa shape index (κ1) is 26.4. The number of methoxy groups -OCH3 is 1. The molecular weight excluding hydrogens is 382 g/mol. The number of hydrogen-bond acceptors (Lipinski definition) is 4. The molecular formula is C27H41N3O. The molecule has 0 saturated heterocycles. The fourth-order valence-corrected chi connectivity index (χ4v) is 3.53. The van der Waals surface area contributed by atoms with Gasteiger partial charge in [-0.2, -0.15) is 0 Å². The fraction of sp³-hybridized carbons (Fsp3) is 0.481. The predicted octanol–water partition coefficient (Wildman–Crippen LogP) is 7.40. The van der Waals surface area contributed by atoms with Gasteiger partial charge >= 0.3 is 0 Å². The van der Waals surface area contributed by atoms with Crippen molar-refractivity contribution >= 4 is 11.4 Å². The molecule has 0 aromatic rings. The quantitative estimate of drug-likeness (QED) is 0.207. The van der Waals surface area contributed by atoms with Gasteiger partial charge in [0, 0.05) is 11.6 Å². The zero-order chi connectivity index (χ0) is 23.4. The van der Waals surface area contributed by atoms with Crippen LogP contribution in [0.25, 0.3) is 0 Å². The van der Waals surface area contributed by atoms with Crippen LogP contribution in [0.4, 0.5) is 0 Å². The lowest BCUT2D eigenvalue weighted by molar-refractivity contribution is 0.301. The first-order chi connectivity index (χ1) is 14.7. The lowest BCUT2D eigenvalue weighted by Crippen LogP contribution is -2.21. The first-order valence-corrected chi connectivity index (χ1v) is 11.3. The highest BCUT2D eigenvalue weighted by molar-refractivity contribution is 5.98. The number of aliphatic imine (C=N–C) groups is 1. The summed E-state index contributed by atoms with van der Waals surface area (Å²) in [6.45, 7) is 15.8. The van der Waals surface area contributed by atoms with Gasteiger partial charge in [0.25, 0.3) is 0 Å². The topological polar surface area (TPSA) is 57.5 Å². The van der Waals surface area contributed by atoms with Crippen molar-refractivity contribution in [3.05, 3.63) is 71.0 Å². The maximum Gasteiger partial charge on any atom is 0.126 e. The van der Waals surface area contributed by atoms with Crippen molar-refractivity contribution in [2.45, 2.75) is 73.6 Å². The van der Waals surface area contributed by atoms with Crippen LogP contribution in [0, 0.1) is 11.3 Å². The van der Waals surface area contributed by atoms with E-state index in [1.807, 2.05) is 45.9 Å². The van der Waals surface area contributed by atoms with E-state index in [0.717, 1.165) is 46.1 Å². The Balaban J connectivity index is 3.27. The molecule has 0 aliphatic heterocycles. The number of nitrogens with one attached hydrogen (secondary N) is 2. The smallest absolute Gasteiger partial charge is 0.126 e. The molecule has 0 spiro atoms. The highest BCUT2D eigenvalue weighted by atomic mass is 16.5. The van der Waals surface area contributed by atoms with E-state index in [0.29, 0.717) is 11.6 Å². The molecule has 4 nitrogen and oxygen atoms in total. The lowest BCUT2D eigenvalue weighted by atomic mass is 10.0. The average molecular weight is 424 g/mol. The molecule has 0 radical (unpaired) electrons. The Morgan fingerprint density at radius 1 is 1.16 bits per heavy atom. The first-order valence-electron chi connectivity index (χ1n) is 11.3. The minimum atomic E-state index is 0.474. The normalized spacial score (nSPS) is 17.8. The summed E-state index contributed by atoms with van der Waals surface area (Å²) in [4.78, 5) is 4.97. The molecule has 0 amide bonds. The molecule has 0 heterocycles. The molecule has 4 heteroatoms. The summed E-state index contributed by atoms with van der Waals surface area (Å²) in [6.07, 6.45) is 16.2. The summed E-state index contributed by atoms with van der Waals surface area (Å²) in [5.41, 5.74) is 5.31. The minimum Gasteiger partial charge on any atom is -0.497 e. The highest BCUT2D eigenvalue weighted by Crippen LogP contribution is 2.27. The highest BCUT2D eigenvalue weighted by Gasteiger charge is 2.19. The molecule has 0 unspecified atom stereocenters. The van der Waals surface area contributed by atoms with Gasteiger partial charge in [0.05, 0.1) is 18.5 Å². The molecule has 1 saturated carbocycles. The maximum absolute atomic E-state index is 8.33. The summed E-state index contributed by atoms with van der Waals surface area (Å²) >= 11 is 0. The van der Waals surface area contributed by atoms with Crippen LogP contribution in [0.2, 0.25) is 0 Å². The standard InChI is InChI=1S/C27H41N3O/c1-9-11-16-24(23-14-12-13-15-23)29-26(10-2)30-27(22(7)28)21(6)20(5)17-18-25(31-8)19(3)4/h10-11,16-18,23,28,30H,3,9,12-15H2,1-2,4-8H3/b16-11+,20-17+,25-18+,26-10+,27-21-,28-22?,29-24+. The van der Waals surface area contributed by atoms with Crippen molar-refractivity contribution in [3.8, 4) is 0 Å². The van der Waals surface area contributed by atoms with E-state index in [1.165, 1.54) is 25.7 Å². The second-order valence-corrected chi connectivity index (χ2v) is 8.12. The molecule has 1 aliphatic rings. The van der Waals surface area contributed by atoms with E-state index in [-0.39, 0.29) is 0 Å². The summed E-state index contributed by atoms with van der Waals surface area (Å²) in [7, 11) is 1.65. The van der Waals surface area contributed by atoms with Crippen LogP contribution in [0.1, 0.15) is 73.6 Å². The number of nitrogens with zero attached hydrogens (tertiary/aromatic N) is 1. The molecule has 170 valence electrons. The number of ether oxygens (including phenoxy) is 1. The van der Waals surface area contributed by atoms with Crippen LogP contribution >= 0.6 is 0 Å².